The highest BCUT2D eigenvalue weighted by Crippen LogP contribution is 2.30. The van der Waals surface area contributed by atoms with Crippen molar-refractivity contribution in [1.29, 1.82) is 0 Å². The van der Waals surface area contributed by atoms with E-state index in [1.165, 1.54) is 16.3 Å². The van der Waals surface area contributed by atoms with Crippen LogP contribution in [0.5, 0.6) is 0 Å². The minimum atomic E-state index is -1.55. The van der Waals surface area contributed by atoms with Crippen molar-refractivity contribution in [2.75, 3.05) is 4.90 Å². The summed E-state index contributed by atoms with van der Waals surface area (Å²) in [5.74, 6) is -0.562. The normalized spacial score (nSPS) is 13.0. The zero-order chi connectivity index (χ0) is 25.7. The van der Waals surface area contributed by atoms with Crippen molar-refractivity contribution in [2.45, 2.75) is 38.6 Å². The Balaban J connectivity index is 1.79. The maximum absolute atomic E-state index is 13.9. The molecule has 0 bridgehead atoms. The Morgan fingerprint density at radius 1 is 0.889 bits per heavy atom. The van der Waals surface area contributed by atoms with Gasteiger partial charge in [-0.1, -0.05) is 73.4 Å². The molecule has 0 aliphatic rings. The number of anilines is 1. The van der Waals surface area contributed by atoms with Gasteiger partial charge in [-0.2, -0.15) is 0 Å². The Kier molecular flexibility index (Phi) is 7.50. The molecule has 6 nitrogen and oxygen atoms in total. The number of benzene rings is 2. The molecule has 0 saturated heterocycles. The number of amides is 2. The number of hydrogen-bond donors (Lipinski definition) is 1. The average Bonchev–Trinajstić information content (AvgIpc) is 3.42. The Labute approximate surface area is 213 Å². The first-order chi connectivity index (χ1) is 17.3. The number of rotatable bonds is 8. The molecular formula is C29H31N3O3Si. The van der Waals surface area contributed by atoms with Gasteiger partial charge in [-0.05, 0) is 42.8 Å². The van der Waals surface area contributed by atoms with E-state index in [9.17, 15) is 9.59 Å². The Bertz CT molecular complexity index is 1290. The van der Waals surface area contributed by atoms with Crippen molar-refractivity contribution in [2.24, 2.45) is 0 Å². The Hall–Kier alpha value is -3.97. The van der Waals surface area contributed by atoms with Crippen LogP contribution in [0.3, 0.4) is 0 Å². The summed E-state index contributed by atoms with van der Waals surface area (Å²) in [6, 6.07) is 23.3. The molecule has 4 aromatic rings. The van der Waals surface area contributed by atoms with Crippen LogP contribution < -0.4 is 15.4 Å². The lowest BCUT2D eigenvalue weighted by Gasteiger charge is -2.32. The fourth-order valence-electron chi connectivity index (χ4n) is 4.10. The Morgan fingerprint density at radius 2 is 1.58 bits per heavy atom. The van der Waals surface area contributed by atoms with Gasteiger partial charge >= 0.3 is 0 Å². The van der Waals surface area contributed by atoms with E-state index in [4.69, 9.17) is 4.42 Å². The Morgan fingerprint density at radius 3 is 2.17 bits per heavy atom. The summed E-state index contributed by atoms with van der Waals surface area (Å²) >= 11 is 0. The van der Waals surface area contributed by atoms with Gasteiger partial charge < -0.3 is 9.73 Å². The molecule has 0 aliphatic heterocycles. The fourth-order valence-corrected chi connectivity index (χ4v) is 5.26. The van der Waals surface area contributed by atoms with Gasteiger partial charge in [-0.15, -0.1) is 0 Å². The molecule has 4 rings (SSSR count). The quantitative estimate of drug-likeness (QED) is 0.327. The molecule has 2 aromatic heterocycles. The zero-order valence-corrected chi connectivity index (χ0v) is 22.0. The largest absolute Gasteiger partial charge is 0.459 e. The van der Waals surface area contributed by atoms with Crippen molar-refractivity contribution in [3.05, 3.63) is 114 Å². The lowest BCUT2D eigenvalue weighted by atomic mass is 10.0. The number of pyridine rings is 1. The van der Waals surface area contributed by atoms with Crippen LogP contribution in [0, 0.1) is 0 Å². The SMILES string of the molecule is C[C@H](NC(=O)C(c1cccnc1)N(C(=O)c1ccco1)c1ccc([Si](C)(C)C)cc1)c1ccccc1. The summed E-state index contributed by atoms with van der Waals surface area (Å²) in [4.78, 5) is 33.4. The number of nitrogens with one attached hydrogen (secondary N) is 1. The number of furan rings is 1. The minimum Gasteiger partial charge on any atom is -0.459 e. The van der Waals surface area contributed by atoms with E-state index in [0.29, 0.717) is 11.3 Å². The topological polar surface area (TPSA) is 75.4 Å². The molecule has 2 aromatic carbocycles. The molecule has 0 fully saturated rings. The van der Waals surface area contributed by atoms with Crippen LogP contribution >= 0.6 is 0 Å². The second-order valence-corrected chi connectivity index (χ2v) is 14.9. The van der Waals surface area contributed by atoms with Crippen molar-refractivity contribution < 1.29 is 14.0 Å². The summed E-state index contributed by atoms with van der Waals surface area (Å²) in [5.41, 5.74) is 2.18. The number of aromatic nitrogens is 1. The highest BCUT2D eigenvalue weighted by molar-refractivity contribution is 6.88. The van der Waals surface area contributed by atoms with Gasteiger partial charge in [-0.25, -0.2) is 0 Å². The second-order valence-electron chi connectivity index (χ2n) is 9.78. The van der Waals surface area contributed by atoms with E-state index in [-0.39, 0.29) is 17.7 Å². The lowest BCUT2D eigenvalue weighted by Crippen LogP contribution is -2.45. The predicted octanol–water partition coefficient (Wildman–Crippen LogP) is 5.49. The molecular weight excluding hydrogens is 466 g/mol. The molecule has 2 atom stereocenters. The molecule has 2 amide bonds. The van der Waals surface area contributed by atoms with Gasteiger partial charge in [0.05, 0.1) is 20.4 Å². The third-order valence-electron chi connectivity index (χ3n) is 6.13. The number of carbonyl (C=O) groups excluding carboxylic acids is 2. The molecule has 0 spiro atoms. The summed E-state index contributed by atoms with van der Waals surface area (Å²) in [7, 11) is -1.55. The summed E-state index contributed by atoms with van der Waals surface area (Å²) in [6.07, 6.45) is 4.72. The van der Waals surface area contributed by atoms with Crippen LogP contribution in [0.15, 0.2) is 102 Å². The van der Waals surface area contributed by atoms with Crippen molar-refractivity contribution in [3.8, 4) is 0 Å². The standard InChI is InChI=1S/C29H31N3O3Si/c1-21(22-10-6-5-7-11-22)31-28(33)27(23-12-8-18-30-20-23)32(29(34)26-13-9-19-35-26)24-14-16-25(17-15-24)36(2,3)4/h5-21,27H,1-4H3,(H,31,33)/t21-,27?/m0/s1. The van der Waals surface area contributed by atoms with E-state index in [0.717, 1.165) is 5.56 Å². The van der Waals surface area contributed by atoms with Crippen molar-refractivity contribution >= 4 is 30.8 Å². The molecule has 1 unspecified atom stereocenters. The number of nitrogens with zero attached hydrogens (tertiary/aromatic N) is 2. The summed E-state index contributed by atoms with van der Waals surface area (Å²) in [6.45, 7) is 8.73. The lowest BCUT2D eigenvalue weighted by molar-refractivity contribution is -0.123. The first-order valence-electron chi connectivity index (χ1n) is 12.0. The first-order valence-corrected chi connectivity index (χ1v) is 15.5. The molecule has 0 saturated carbocycles. The number of carbonyl (C=O) groups is 2. The molecule has 1 N–H and O–H groups in total. The van der Waals surface area contributed by atoms with E-state index < -0.39 is 20.0 Å². The van der Waals surface area contributed by atoms with Gasteiger partial charge in [0, 0.05) is 23.6 Å². The molecule has 7 heteroatoms. The van der Waals surface area contributed by atoms with Crippen LogP contribution in [0.4, 0.5) is 5.69 Å². The molecule has 36 heavy (non-hydrogen) atoms. The third kappa shape index (κ3) is 5.63. The molecule has 184 valence electrons. The van der Waals surface area contributed by atoms with Crippen molar-refractivity contribution in [1.82, 2.24) is 10.3 Å². The van der Waals surface area contributed by atoms with Crippen LogP contribution in [0.25, 0.3) is 0 Å². The van der Waals surface area contributed by atoms with Gasteiger partial charge in [-0.3, -0.25) is 19.5 Å². The molecule has 0 radical (unpaired) electrons. The van der Waals surface area contributed by atoms with Crippen LogP contribution in [-0.2, 0) is 4.79 Å². The van der Waals surface area contributed by atoms with Gasteiger partial charge in [0.15, 0.2) is 5.76 Å². The highest BCUT2D eigenvalue weighted by Gasteiger charge is 2.35. The second kappa shape index (κ2) is 10.7. The van der Waals surface area contributed by atoms with E-state index in [1.807, 2.05) is 55.5 Å². The van der Waals surface area contributed by atoms with Gasteiger partial charge in [0.1, 0.15) is 6.04 Å². The van der Waals surface area contributed by atoms with E-state index >= 15 is 0 Å². The van der Waals surface area contributed by atoms with E-state index in [2.05, 4.69) is 42.1 Å². The number of hydrogen-bond acceptors (Lipinski definition) is 4. The average molecular weight is 498 g/mol. The summed E-state index contributed by atoms with van der Waals surface area (Å²) in [5, 5.41) is 4.36. The predicted molar refractivity (Wildman–Crippen MR) is 145 cm³/mol. The highest BCUT2D eigenvalue weighted by atomic mass is 28.3. The minimum absolute atomic E-state index is 0.155. The molecule has 2 heterocycles. The first kappa shape index (κ1) is 25.1. The van der Waals surface area contributed by atoms with Gasteiger partial charge in [0.2, 0.25) is 5.91 Å². The van der Waals surface area contributed by atoms with Crippen LogP contribution in [0.2, 0.25) is 19.6 Å². The van der Waals surface area contributed by atoms with Crippen molar-refractivity contribution in [3.63, 3.8) is 0 Å². The third-order valence-corrected chi connectivity index (χ3v) is 8.19. The van der Waals surface area contributed by atoms with E-state index in [1.54, 1.807) is 30.6 Å². The maximum atomic E-state index is 13.9. The van der Waals surface area contributed by atoms with Gasteiger partial charge in [0.25, 0.3) is 5.91 Å². The monoisotopic (exact) mass is 497 g/mol. The van der Waals surface area contributed by atoms with Crippen LogP contribution in [-0.4, -0.2) is 24.9 Å². The van der Waals surface area contributed by atoms with Crippen LogP contribution in [0.1, 0.15) is 40.7 Å². The smallest absolute Gasteiger partial charge is 0.294 e. The maximum Gasteiger partial charge on any atom is 0.294 e. The fraction of sp³-hybridized carbons (Fsp3) is 0.207. The zero-order valence-electron chi connectivity index (χ0n) is 21.0. The summed E-state index contributed by atoms with van der Waals surface area (Å²) < 4.78 is 5.46. The molecule has 0 aliphatic carbocycles.